The first-order valence-electron chi connectivity index (χ1n) is 11.4. The molecule has 2 aromatic rings. The van der Waals surface area contributed by atoms with Gasteiger partial charge < -0.3 is 28.6 Å². The van der Waals surface area contributed by atoms with Crippen LogP contribution in [0, 0.1) is 0 Å². The minimum atomic E-state index is -0.617. The fourth-order valence-corrected chi connectivity index (χ4v) is 3.75. The second kappa shape index (κ2) is 11.2. The molecule has 0 atom stereocenters. The molecular formula is C27H33NO7. The average Bonchev–Trinajstić information content (AvgIpc) is 2.85. The number of carbonyl (C=O) groups excluding carboxylic acids is 2. The number of benzene rings is 2. The van der Waals surface area contributed by atoms with E-state index in [9.17, 15) is 9.59 Å². The highest BCUT2D eigenvalue weighted by Crippen LogP contribution is 2.31. The van der Waals surface area contributed by atoms with E-state index in [1.807, 2.05) is 45.0 Å². The molecule has 0 fully saturated rings. The van der Waals surface area contributed by atoms with Crippen molar-refractivity contribution in [1.29, 1.82) is 0 Å². The molecule has 0 N–H and O–H groups in total. The van der Waals surface area contributed by atoms with E-state index < -0.39 is 17.7 Å². The lowest BCUT2D eigenvalue weighted by molar-refractivity contribution is -0.136. The molecule has 0 saturated carbocycles. The monoisotopic (exact) mass is 483 g/mol. The Balaban J connectivity index is 1.82. The topological polar surface area (TPSA) is 83.5 Å². The van der Waals surface area contributed by atoms with E-state index in [4.69, 9.17) is 23.7 Å². The highest BCUT2D eigenvalue weighted by molar-refractivity contribution is 5.99. The van der Waals surface area contributed by atoms with Gasteiger partial charge in [0.05, 0.1) is 33.4 Å². The highest BCUT2D eigenvalue weighted by atomic mass is 16.6. The Morgan fingerprint density at radius 2 is 1.60 bits per heavy atom. The molecule has 8 heteroatoms. The van der Waals surface area contributed by atoms with Crippen LogP contribution in [-0.2, 0) is 20.9 Å². The van der Waals surface area contributed by atoms with Crippen LogP contribution >= 0.6 is 0 Å². The maximum atomic E-state index is 12.6. The molecule has 3 rings (SSSR count). The summed E-state index contributed by atoms with van der Waals surface area (Å²) in [6, 6.07) is 13.2. The van der Waals surface area contributed by atoms with Gasteiger partial charge in [0.1, 0.15) is 29.5 Å². The van der Waals surface area contributed by atoms with Crippen molar-refractivity contribution in [3.8, 4) is 17.2 Å². The Kier molecular flexibility index (Phi) is 8.27. The SMILES string of the molecule is COC(=O)C1=C(c2cccc(COc3cc(OC)cc(OC)c3)c2)CCN(C(=O)OC(C)(C)C)C1. The lowest BCUT2D eigenvalue weighted by atomic mass is 9.92. The molecule has 35 heavy (non-hydrogen) atoms. The zero-order valence-electron chi connectivity index (χ0n) is 21.2. The summed E-state index contributed by atoms with van der Waals surface area (Å²) < 4.78 is 27.1. The van der Waals surface area contributed by atoms with Gasteiger partial charge in [0.15, 0.2) is 0 Å². The van der Waals surface area contributed by atoms with E-state index in [0.29, 0.717) is 42.4 Å². The van der Waals surface area contributed by atoms with Crippen LogP contribution in [0.1, 0.15) is 38.3 Å². The molecule has 0 aliphatic carbocycles. The maximum Gasteiger partial charge on any atom is 0.410 e. The molecule has 0 aromatic heterocycles. The fraction of sp³-hybridized carbons (Fsp3) is 0.407. The van der Waals surface area contributed by atoms with Gasteiger partial charge in [-0.15, -0.1) is 0 Å². The van der Waals surface area contributed by atoms with Crippen LogP contribution in [0.25, 0.3) is 5.57 Å². The third-order valence-electron chi connectivity index (χ3n) is 5.43. The van der Waals surface area contributed by atoms with Crippen LogP contribution in [-0.4, -0.2) is 57.0 Å². The molecule has 0 saturated heterocycles. The second-order valence-corrected chi connectivity index (χ2v) is 9.14. The third-order valence-corrected chi connectivity index (χ3v) is 5.43. The van der Waals surface area contributed by atoms with E-state index in [0.717, 1.165) is 16.7 Å². The molecule has 2 aromatic carbocycles. The zero-order valence-corrected chi connectivity index (χ0v) is 21.2. The van der Waals surface area contributed by atoms with Crippen LogP contribution in [0.4, 0.5) is 4.79 Å². The molecule has 0 radical (unpaired) electrons. The van der Waals surface area contributed by atoms with E-state index in [2.05, 4.69) is 0 Å². The van der Waals surface area contributed by atoms with Crippen molar-refractivity contribution < 1.29 is 33.3 Å². The van der Waals surface area contributed by atoms with Gasteiger partial charge >= 0.3 is 12.1 Å². The molecule has 1 heterocycles. The Bertz CT molecular complexity index is 1080. The quantitative estimate of drug-likeness (QED) is 0.521. The molecule has 1 amide bonds. The van der Waals surface area contributed by atoms with E-state index >= 15 is 0 Å². The Morgan fingerprint density at radius 3 is 2.20 bits per heavy atom. The van der Waals surface area contributed by atoms with Gasteiger partial charge in [-0.2, -0.15) is 0 Å². The van der Waals surface area contributed by atoms with Crippen LogP contribution in [0.5, 0.6) is 17.2 Å². The van der Waals surface area contributed by atoms with E-state index in [1.165, 1.54) is 12.0 Å². The molecule has 0 spiro atoms. The van der Waals surface area contributed by atoms with Crippen LogP contribution < -0.4 is 14.2 Å². The maximum absolute atomic E-state index is 12.6. The molecule has 188 valence electrons. The van der Waals surface area contributed by atoms with Crippen molar-refractivity contribution in [1.82, 2.24) is 4.90 Å². The smallest absolute Gasteiger partial charge is 0.410 e. The van der Waals surface area contributed by atoms with Crippen molar-refractivity contribution in [2.45, 2.75) is 39.4 Å². The molecule has 1 aliphatic heterocycles. The van der Waals surface area contributed by atoms with Crippen molar-refractivity contribution in [2.24, 2.45) is 0 Å². The Labute approximate surface area is 206 Å². The zero-order chi connectivity index (χ0) is 25.6. The number of rotatable bonds is 7. The fourth-order valence-electron chi connectivity index (χ4n) is 3.75. The third kappa shape index (κ3) is 6.91. The van der Waals surface area contributed by atoms with Gasteiger partial charge in [-0.25, -0.2) is 9.59 Å². The van der Waals surface area contributed by atoms with Crippen LogP contribution in [0.3, 0.4) is 0 Å². The van der Waals surface area contributed by atoms with Gasteiger partial charge in [0.2, 0.25) is 0 Å². The number of esters is 1. The van der Waals surface area contributed by atoms with Gasteiger partial charge in [0, 0.05) is 24.7 Å². The molecule has 0 unspecified atom stereocenters. The number of ether oxygens (including phenoxy) is 5. The van der Waals surface area contributed by atoms with Crippen LogP contribution in [0.15, 0.2) is 48.0 Å². The average molecular weight is 484 g/mol. The van der Waals surface area contributed by atoms with E-state index in [1.54, 1.807) is 32.4 Å². The number of amides is 1. The minimum Gasteiger partial charge on any atom is -0.496 e. The number of hydrogen-bond acceptors (Lipinski definition) is 7. The molecule has 0 bridgehead atoms. The van der Waals surface area contributed by atoms with Gasteiger partial charge in [-0.3, -0.25) is 0 Å². The predicted octanol–water partition coefficient (Wildman–Crippen LogP) is 4.85. The van der Waals surface area contributed by atoms with Crippen LogP contribution in [0.2, 0.25) is 0 Å². The second-order valence-electron chi connectivity index (χ2n) is 9.14. The number of methoxy groups -OCH3 is 3. The minimum absolute atomic E-state index is 0.126. The summed E-state index contributed by atoms with van der Waals surface area (Å²) in [6.45, 7) is 6.32. The first kappa shape index (κ1) is 25.9. The highest BCUT2D eigenvalue weighted by Gasteiger charge is 2.30. The largest absolute Gasteiger partial charge is 0.496 e. The molecule has 1 aliphatic rings. The Hall–Kier alpha value is -3.68. The van der Waals surface area contributed by atoms with Gasteiger partial charge in [-0.05, 0) is 50.0 Å². The van der Waals surface area contributed by atoms with Crippen molar-refractivity contribution >= 4 is 17.6 Å². The van der Waals surface area contributed by atoms with Crippen molar-refractivity contribution in [3.05, 3.63) is 59.2 Å². The first-order chi connectivity index (χ1) is 16.6. The summed E-state index contributed by atoms with van der Waals surface area (Å²) in [7, 11) is 4.51. The van der Waals surface area contributed by atoms with Gasteiger partial charge in [0.25, 0.3) is 0 Å². The summed E-state index contributed by atoms with van der Waals surface area (Å²) in [5.74, 6) is 1.43. The summed E-state index contributed by atoms with van der Waals surface area (Å²) in [4.78, 5) is 26.7. The number of carbonyl (C=O) groups is 2. The van der Waals surface area contributed by atoms with Gasteiger partial charge in [-0.1, -0.05) is 18.2 Å². The van der Waals surface area contributed by atoms with Crippen molar-refractivity contribution in [2.75, 3.05) is 34.4 Å². The lowest BCUT2D eigenvalue weighted by Crippen LogP contribution is -2.41. The lowest BCUT2D eigenvalue weighted by Gasteiger charge is -2.32. The Morgan fingerprint density at radius 1 is 0.943 bits per heavy atom. The normalized spacial score (nSPS) is 13.8. The number of hydrogen-bond donors (Lipinski definition) is 0. The summed E-state index contributed by atoms with van der Waals surface area (Å²) in [5, 5.41) is 0. The molecular weight excluding hydrogens is 450 g/mol. The first-order valence-corrected chi connectivity index (χ1v) is 11.4. The molecule has 8 nitrogen and oxygen atoms in total. The number of nitrogens with zero attached hydrogens (tertiary/aromatic N) is 1. The predicted molar refractivity (Wildman–Crippen MR) is 132 cm³/mol. The summed E-state index contributed by atoms with van der Waals surface area (Å²) in [5.41, 5.74) is 2.49. The van der Waals surface area contributed by atoms with Crippen molar-refractivity contribution in [3.63, 3.8) is 0 Å². The standard InChI is InChI=1S/C27H33NO7/c1-27(2,3)35-26(30)28-11-10-23(24(16-28)25(29)33-6)19-9-7-8-18(12-19)17-34-22-14-20(31-4)13-21(15-22)32-5/h7-9,12-15H,10-11,16-17H2,1-6H3. The summed E-state index contributed by atoms with van der Waals surface area (Å²) in [6.07, 6.45) is 0.0509. The van der Waals surface area contributed by atoms with E-state index in [-0.39, 0.29) is 6.54 Å². The summed E-state index contributed by atoms with van der Waals surface area (Å²) >= 11 is 0.